The lowest BCUT2D eigenvalue weighted by molar-refractivity contribution is 0.322. The predicted molar refractivity (Wildman–Crippen MR) is 85.0 cm³/mol. The van der Waals surface area contributed by atoms with Crippen molar-refractivity contribution in [3.05, 3.63) is 11.4 Å². The maximum atomic E-state index is 6.11. The molecule has 112 valence electrons. The van der Waals surface area contributed by atoms with Crippen molar-refractivity contribution >= 4 is 11.6 Å². The van der Waals surface area contributed by atoms with Gasteiger partial charge in [-0.15, -0.1) is 0 Å². The monoisotopic (exact) mass is 276 g/mol. The van der Waals surface area contributed by atoms with Crippen LogP contribution in [0, 0.1) is 18.8 Å². The molecule has 0 bridgehead atoms. The molecule has 0 amide bonds. The van der Waals surface area contributed by atoms with Crippen LogP contribution in [0.5, 0.6) is 0 Å². The fourth-order valence-corrected chi connectivity index (χ4v) is 2.62. The summed E-state index contributed by atoms with van der Waals surface area (Å²) in [7, 11) is 0. The van der Waals surface area contributed by atoms with Gasteiger partial charge in [0, 0.05) is 24.1 Å². The molecule has 2 heterocycles. The third-order valence-corrected chi connectivity index (χ3v) is 4.46. The van der Waals surface area contributed by atoms with Crippen LogP contribution in [-0.4, -0.2) is 23.1 Å². The molecule has 0 saturated carbocycles. The topological polar surface area (TPSA) is 55.0 Å². The van der Waals surface area contributed by atoms with Crippen molar-refractivity contribution in [1.29, 1.82) is 0 Å². The van der Waals surface area contributed by atoms with E-state index in [2.05, 4.69) is 44.5 Å². The van der Waals surface area contributed by atoms with Crippen LogP contribution in [0.3, 0.4) is 0 Å². The molecule has 4 heteroatoms. The van der Waals surface area contributed by atoms with Gasteiger partial charge in [0.15, 0.2) is 0 Å². The second-order valence-electron chi connectivity index (χ2n) is 7.32. The first kappa shape index (κ1) is 15.1. The van der Waals surface area contributed by atoms with Crippen LogP contribution >= 0.6 is 0 Å². The van der Waals surface area contributed by atoms with E-state index in [-0.39, 0.29) is 5.41 Å². The molecular formula is C16H28N4. The van der Waals surface area contributed by atoms with Gasteiger partial charge in [-0.05, 0) is 25.2 Å². The maximum Gasteiger partial charge on any atom is 0.138 e. The highest BCUT2D eigenvalue weighted by atomic mass is 15.2. The normalized spacial score (nSPS) is 24.0. The van der Waals surface area contributed by atoms with Gasteiger partial charge >= 0.3 is 0 Å². The van der Waals surface area contributed by atoms with Crippen molar-refractivity contribution in [1.82, 2.24) is 9.97 Å². The van der Waals surface area contributed by atoms with E-state index < -0.39 is 0 Å². The first-order valence-corrected chi connectivity index (χ1v) is 7.59. The molecule has 20 heavy (non-hydrogen) atoms. The number of nitrogens with zero attached hydrogens (tertiary/aromatic N) is 3. The lowest BCUT2D eigenvalue weighted by Crippen LogP contribution is -2.39. The first-order chi connectivity index (χ1) is 9.20. The fraction of sp³-hybridized carbons (Fsp3) is 0.750. The van der Waals surface area contributed by atoms with Crippen LogP contribution in [0.1, 0.15) is 52.4 Å². The van der Waals surface area contributed by atoms with Crippen LogP contribution < -0.4 is 10.6 Å². The van der Waals surface area contributed by atoms with Crippen molar-refractivity contribution in [3.8, 4) is 0 Å². The third kappa shape index (κ3) is 2.89. The highest BCUT2D eigenvalue weighted by molar-refractivity contribution is 5.57. The van der Waals surface area contributed by atoms with Crippen molar-refractivity contribution < 1.29 is 0 Å². The SMILES string of the molecule is Cc1c(N)nc(C(C)(C)C)nc1N1CCC(C)C(C)C1. The van der Waals surface area contributed by atoms with Crippen molar-refractivity contribution in [2.24, 2.45) is 11.8 Å². The molecule has 0 spiro atoms. The predicted octanol–water partition coefficient (Wildman–Crippen LogP) is 3.15. The molecule has 2 rings (SSSR count). The van der Waals surface area contributed by atoms with Crippen LogP contribution in [0.4, 0.5) is 11.6 Å². The Kier molecular flexibility index (Phi) is 3.94. The van der Waals surface area contributed by atoms with Crippen molar-refractivity contribution in [2.75, 3.05) is 23.7 Å². The summed E-state index contributed by atoms with van der Waals surface area (Å²) in [5, 5.41) is 0. The van der Waals surface area contributed by atoms with Gasteiger partial charge < -0.3 is 10.6 Å². The molecule has 2 N–H and O–H groups in total. The number of piperidine rings is 1. The summed E-state index contributed by atoms with van der Waals surface area (Å²) in [6.07, 6.45) is 1.22. The summed E-state index contributed by atoms with van der Waals surface area (Å²) < 4.78 is 0. The van der Waals surface area contributed by atoms with E-state index in [9.17, 15) is 0 Å². The van der Waals surface area contributed by atoms with Gasteiger partial charge in [-0.1, -0.05) is 34.6 Å². The number of nitrogens with two attached hydrogens (primary N) is 1. The van der Waals surface area contributed by atoms with E-state index in [4.69, 9.17) is 10.7 Å². The zero-order valence-corrected chi connectivity index (χ0v) is 13.7. The number of aromatic nitrogens is 2. The van der Waals surface area contributed by atoms with E-state index >= 15 is 0 Å². The van der Waals surface area contributed by atoms with E-state index in [0.29, 0.717) is 11.7 Å². The molecule has 1 aromatic heterocycles. The van der Waals surface area contributed by atoms with E-state index in [1.807, 2.05) is 6.92 Å². The molecule has 0 radical (unpaired) electrons. The Bertz CT molecular complexity index is 490. The summed E-state index contributed by atoms with van der Waals surface area (Å²) in [5.41, 5.74) is 7.04. The molecule has 1 saturated heterocycles. The number of hydrogen-bond donors (Lipinski definition) is 1. The number of nitrogen functional groups attached to an aromatic ring is 1. The highest BCUT2D eigenvalue weighted by Gasteiger charge is 2.27. The average molecular weight is 276 g/mol. The highest BCUT2D eigenvalue weighted by Crippen LogP contribution is 2.31. The number of rotatable bonds is 1. The Labute approximate surface area is 122 Å². The largest absolute Gasteiger partial charge is 0.383 e. The van der Waals surface area contributed by atoms with Gasteiger partial charge in [0.25, 0.3) is 0 Å². The van der Waals surface area contributed by atoms with Crippen LogP contribution in [-0.2, 0) is 5.41 Å². The maximum absolute atomic E-state index is 6.11. The Morgan fingerprint density at radius 1 is 1.15 bits per heavy atom. The second-order valence-corrected chi connectivity index (χ2v) is 7.32. The summed E-state index contributed by atoms with van der Waals surface area (Å²) in [5.74, 6) is 3.96. The second kappa shape index (κ2) is 5.23. The Hall–Kier alpha value is -1.32. The van der Waals surface area contributed by atoms with E-state index in [1.165, 1.54) is 6.42 Å². The quantitative estimate of drug-likeness (QED) is 0.856. The van der Waals surface area contributed by atoms with E-state index in [1.54, 1.807) is 0 Å². The molecule has 4 nitrogen and oxygen atoms in total. The van der Waals surface area contributed by atoms with Gasteiger partial charge in [0.2, 0.25) is 0 Å². The third-order valence-electron chi connectivity index (χ3n) is 4.46. The standard InChI is InChI=1S/C16H28N4/c1-10-7-8-20(9-11(10)2)14-12(3)13(17)18-15(19-14)16(4,5)6/h10-11H,7-9H2,1-6H3,(H2,17,18,19). The molecule has 2 atom stereocenters. The molecule has 1 aliphatic heterocycles. The van der Waals surface area contributed by atoms with Gasteiger partial charge in [-0.25, -0.2) is 9.97 Å². The van der Waals surface area contributed by atoms with Crippen molar-refractivity contribution in [3.63, 3.8) is 0 Å². The van der Waals surface area contributed by atoms with Crippen LogP contribution in [0.2, 0.25) is 0 Å². The molecule has 0 aromatic carbocycles. The summed E-state index contributed by atoms with van der Waals surface area (Å²) in [4.78, 5) is 11.7. The number of hydrogen-bond acceptors (Lipinski definition) is 4. The lowest BCUT2D eigenvalue weighted by atomic mass is 9.88. The van der Waals surface area contributed by atoms with Crippen LogP contribution in [0.25, 0.3) is 0 Å². The fourth-order valence-electron chi connectivity index (χ4n) is 2.62. The molecular weight excluding hydrogens is 248 g/mol. The minimum atomic E-state index is -0.0781. The smallest absolute Gasteiger partial charge is 0.138 e. The van der Waals surface area contributed by atoms with Gasteiger partial charge in [-0.2, -0.15) is 0 Å². The van der Waals surface area contributed by atoms with Crippen molar-refractivity contribution in [2.45, 2.75) is 53.4 Å². The molecule has 0 aliphatic carbocycles. The molecule has 1 fully saturated rings. The van der Waals surface area contributed by atoms with Gasteiger partial charge in [-0.3, -0.25) is 0 Å². The minimum absolute atomic E-state index is 0.0781. The first-order valence-electron chi connectivity index (χ1n) is 7.59. The summed E-state index contributed by atoms with van der Waals surface area (Å²) in [6, 6.07) is 0. The zero-order chi connectivity index (χ0) is 15.1. The molecule has 1 aliphatic rings. The van der Waals surface area contributed by atoms with E-state index in [0.717, 1.165) is 36.2 Å². The van der Waals surface area contributed by atoms with Crippen LogP contribution in [0.15, 0.2) is 0 Å². The number of anilines is 2. The summed E-state index contributed by atoms with van der Waals surface area (Å²) in [6.45, 7) is 15.2. The average Bonchev–Trinajstić information content (AvgIpc) is 2.34. The van der Waals surface area contributed by atoms with Gasteiger partial charge in [0.05, 0.1) is 0 Å². The van der Waals surface area contributed by atoms with Gasteiger partial charge in [0.1, 0.15) is 17.5 Å². The lowest BCUT2D eigenvalue weighted by Gasteiger charge is -2.37. The minimum Gasteiger partial charge on any atom is -0.383 e. The Balaban J connectivity index is 2.38. The Morgan fingerprint density at radius 3 is 2.35 bits per heavy atom. The molecule has 1 aromatic rings. The summed E-state index contributed by atoms with van der Waals surface area (Å²) >= 11 is 0. The Morgan fingerprint density at radius 2 is 1.80 bits per heavy atom. The molecule has 2 unspecified atom stereocenters. The zero-order valence-electron chi connectivity index (χ0n) is 13.7.